The molecular formula is C24H33F2IN4O2. The Labute approximate surface area is 211 Å². The number of aliphatic imine (C=N–C) groups is 1. The van der Waals surface area contributed by atoms with Gasteiger partial charge < -0.3 is 20.1 Å². The summed E-state index contributed by atoms with van der Waals surface area (Å²) in [6, 6.07) is 10.4. The normalized spacial score (nSPS) is 15.0. The van der Waals surface area contributed by atoms with Gasteiger partial charge in [0.15, 0.2) is 29.1 Å². The minimum atomic E-state index is -0.363. The third-order valence-corrected chi connectivity index (χ3v) is 5.53. The van der Waals surface area contributed by atoms with E-state index in [-0.39, 0.29) is 47.1 Å². The van der Waals surface area contributed by atoms with E-state index in [1.165, 1.54) is 13.2 Å². The van der Waals surface area contributed by atoms with Crippen LogP contribution in [-0.4, -0.2) is 50.8 Å². The predicted octanol–water partition coefficient (Wildman–Crippen LogP) is 4.32. The Kier molecular flexibility index (Phi) is 11.1. The van der Waals surface area contributed by atoms with E-state index < -0.39 is 0 Å². The lowest BCUT2D eigenvalue weighted by molar-refractivity contribution is 0.198. The lowest BCUT2D eigenvalue weighted by atomic mass is 10.0. The van der Waals surface area contributed by atoms with Gasteiger partial charge in [-0.15, -0.1) is 24.0 Å². The zero-order valence-corrected chi connectivity index (χ0v) is 21.7. The average Bonchev–Trinajstić information content (AvgIpc) is 2.79. The first-order valence-corrected chi connectivity index (χ1v) is 11.0. The van der Waals surface area contributed by atoms with E-state index in [1.54, 1.807) is 25.2 Å². The fourth-order valence-corrected chi connectivity index (χ4v) is 3.80. The minimum absolute atomic E-state index is 0. The number of halogens is 3. The number of hydrogen-bond acceptors (Lipinski definition) is 4. The van der Waals surface area contributed by atoms with Gasteiger partial charge in [0, 0.05) is 39.3 Å². The molecule has 0 spiro atoms. The van der Waals surface area contributed by atoms with Crippen molar-refractivity contribution in [3.63, 3.8) is 0 Å². The van der Waals surface area contributed by atoms with Crippen molar-refractivity contribution in [1.82, 2.24) is 15.5 Å². The second-order valence-corrected chi connectivity index (χ2v) is 7.79. The first-order valence-electron chi connectivity index (χ1n) is 11.0. The third kappa shape index (κ3) is 7.99. The van der Waals surface area contributed by atoms with E-state index in [9.17, 15) is 8.78 Å². The van der Waals surface area contributed by atoms with Crippen molar-refractivity contribution in [1.29, 1.82) is 0 Å². The van der Waals surface area contributed by atoms with Crippen molar-refractivity contribution >= 4 is 29.9 Å². The Morgan fingerprint density at radius 3 is 2.30 bits per heavy atom. The maximum atomic E-state index is 14.0. The van der Waals surface area contributed by atoms with E-state index in [0.29, 0.717) is 31.7 Å². The van der Waals surface area contributed by atoms with Gasteiger partial charge in [0.25, 0.3) is 0 Å². The molecule has 3 rings (SSSR count). The third-order valence-electron chi connectivity index (χ3n) is 5.53. The SMILES string of the molecule is CCOc1ccc(CNC(=NC)NC2CCN(Cc3ccc(OC)c(F)c3)CC2)cc1F.I. The molecule has 0 aromatic heterocycles. The lowest BCUT2D eigenvalue weighted by Gasteiger charge is -2.33. The van der Waals surface area contributed by atoms with Crippen molar-refractivity contribution in [3.05, 3.63) is 59.2 Å². The van der Waals surface area contributed by atoms with Crippen LogP contribution in [0.4, 0.5) is 8.78 Å². The Hall–Kier alpha value is -2.14. The molecule has 1 aliphatic heterocycles. The van der Waals surface area contributed by atoms with Crippen molar-refractivity contribution in [2.75, 3.05) is 33.9 Å². The van der Waals surface area contributed by atoms with Crippen molar-refractivity contribution in [2.45, 2.75) is 38.9 Å². The molecule has 2 aromatic rings. The van der Waals surface area contributed by atoms with Gasteiger partial charge in [0.2, 0.25) is 0 Å². The summed E-state index contributed by atoms with van der Waals surface area (Å²) in [5.74, 6) is 0.531. The van der Waals surface area contributed by atoms with Crippen LogP contribution in [-0.2, 0) is 13.1 Å². The van der Waals surface area contributed by atoms with Gasteiger partial charge in [-0.3, -0.25) is 9.89 Å². The zero-order valence-electron chi connectivity index (χ0n) is 19.4. The van der Waals surface area contributed by atoms with Gasteiger partial charge in [-0.25, -0.2) is 8.78 Å². The topological polar surface area (TPSA) is 58.1 Å². The van der Waals surface area contributed by atoms with Crippen LogP contribution in [0.5, 0.6) is 11.5 Å². The molecule has 2 N–H and O–H groups in total. The molecule has 0 atom stereocenters. The number of hydrogen-bond donors (Lipinski definition) is 2. The number of nitrogens with one attached hydrogen (secondary N) is 2. The fraction of sp³-hybridized carbons (Fsp3) is 0.458. The Balaban J connectivity index is 0.00000385. The molecular weight excluding hydrogens is 541 g/mol. The van der Waals surface area contributed by atoms with Crippen LogP contribution < -0.4 is 20.1 Å². The van der Waals surface area contributed by atoms with Gasteiger partial charge >= 0.3 is 0 Å². The molecule has 1 saturated heterocycles. The highest BCUT2D eigenvalue weighted by molar-refractivity contribution is 14.0. The van der Waals surface area contributed by atoms with E-state index in [4.69, 9.17) is 9.47 Å². The summed E-state index contributed by atoms with van der Waals surface area (Å²) < 4.78 is 38.2. The lowest BCUT2D eigenvalue weighted by Crippen LogP contribution is -2.48. The number of benzene rings is 2. The van der Waals surface area contributed by atoms with Gasteiger partial charge in [-0.05, 0) is 55.2 Å². The number of methoxy groups -OCH3 is 1. The van der Waals surface area contributed by atoms with E-state index in [2.05, 4.69) is 20.5 Å². The summed E-state index contributed by atoms with van der Waals surface area (Å²) in [5.41, 5.74) is 1.75. The van der Waals surface area contributed by atoms with Gasteiger partial charge in [-0.1, -0.05) is 12.1 Å². The quantitative estimate of drug-likeness (QED) is 0.280. The summed E-state index contributed by atoms with van der Waals surface area (Å²) in [4.78, 5) is 6.61. The highest BCUT2D eigenvalue weighted by Gasteiger charge is 2.20. The van der Waals surface area contributed by atoms with Crippen molar-refractivity contribution < 1.29 is 18.3 Å². The Morgan fingerprint density at radius 2 is 1.70 bits per heavy atom. The summed E-state index contributed by atoms with van der Waals surface area (Å²) in [7, 11) is 3.19. The second kappa shape index (κ2) is 13.5. The first kappa shape index (κ1) is 27.1. The highest BCUT2D eigenvalue weighted by atomic mass is 127. The molecule has 0 saturated carbocycles. The molecule has 0 bridgehead atoms. The molecule has 2 aromatic carbocycles. The molecule has 0 aliphatic carbocycles. The molecule has 0 amide bonds. The smallest absolute Gasteiger partial charge is 0.191 e. The van der Waals surface area contributed by atoms with E-state index in [0.717, 1.165) is 37.1 Å². The van der Waals surface area contributed by atoms with Crippen LogP contribution in [0.25, 0.3) is 0 Å². The number of ether oxygens (including phenoxy) is 2. The number of piperidine rings is 1. The number of nitrogens with zero attached hydrogens (tertiary/aromatic N) is 2. The maximum absolute atomic E-state index is 14.0. The minimum Gasteiger partial charge on any atom is -0.494 e. The van der Waals surface area contributed by atoms with E-state index >= 15 is 0 Å². The van der Waals surface area contributed by atoms with Crippen molar-refractivity contribution in [2.24, 2.45) is 4.99 Å². The summed E-state index contributed by atoms with van der Waals surface area (Å²) in [6.07, 6.45) is 1.91. The Bertz CT molecular complexity index is 921. The Morgan fingerprint density at radius 1 is 1.06 bits per heavy atom. The molecule has 0 unspecified atom stereocenters. The number of guanidine groups is 1. The first-order chi connectivity index (χ1) is 15.5. The maximum Gasteiger partial charge on any atom is 0.191 e. The van der Waals surface area contributed by atoms with Crippen LogP contribution in [0.3, 0.4) is 0 Å². The number of likely N-dealkylation sites (tertiary alicyclic amines) is 1. The summed E-state index contributed by atoms with van der Waals surface area (Å²) in [5, 5.41) is 6.69. The molecule has 182 valence electrons. The van der Waals surface area contributed by atoms with Gasteiger partial charge in [0.05, 0.1) is 13.7 Å². The summed E-state index contributed by atoms with van der Waals surface area (Å²) >= 11 is 0. The molecule has 6 nitrogen and oxygen atoms in total. The monoisotopic (exact) mass is 574 g/mol. The van der Waals surface area contributed by atoms with Crippen LogP contribution >= 0.6 is 24.0 Å². The van der Waals surface area contributed by atoms with Crippen LogP contribution in [0.2, 0.25) is 0 Å². The van der Waals surface area contributed by atoms with Crippen molar-refractivity contribution in [3.8, 4) is 11.5 Å². The largest absolute Gasteiger partial charge is 0.494 e. The molecule has 0 radical (unpaired) electrons. The molecule has 33 heavy (non-hydrogen) atoms. The predicted molar refractivity (Wildman–Crippen MR) is 138 cm³/mol. The van der Waals surface area contributed by atoms with E-state index in [1.807, 2.05) is 19.1 Å². The van der Waals surface area contributed by atoms with Gasteiger partial charge in [-0.2, -0.15) is 0 Å². The summed E-state index contributed by atoms with van der Waals surface area (Å²) in [6.45, 7) is 5.25. The molecule has 9 heteroatoms. The van der Waals surface area contributed by atoms with Crippen LogP contribution in [0, 0.1) is 11.6 Å². The highest BCUT2D eigenvalue weighted by Crippen LogP contribution is 2.21. The van der Waals surface area contributed by atoms with Crippen LogP contribution in [0.15, 0.2) is 41.4 Å². The zero-order chi connectivity index (χ0) is 22.9. The fourth-order valence-electron chi connectivity index (χ4n) is 3.80. The van der Waals surface area contributed by atoms with Gasteiger partial charge in [0.1, 0.15) is 0 Å². The molecule has 1 heterocycles. The number of rotatable bonds is 8. The molecule has 1 fully saturated rings. The van der Waals surface area contributed by atoms with Crippen LogP contribution in [0.1, 0.15) is 30.9 Å². The second-order valence-electron chi connectivity index (χ2n) is 7.79. The standard InChI is InChI=1S/C24H32F2N4O2.HI/c1-4-32-23-8-5-17(13-21(23)26)15-28-24(27-2)29-19-9-11-30(12-10-19)16-18-6-7-22(31-3)20(25)14-18;/h5-8,13-14,19H,4,9-12,15-16H2,1-3H3,(H2,27,28,29);1H. The average molecular weight is 574 g/mol. The molecule has 1 aliphatic rings.